The number of nitrogens with zero attached hydrogens (tertiary/aromatic N) is 1. The minimum atomic E-state index is 0.143. The van der Waals surface area contributed by atoms with E-state index in [2.05, 4.69) is 175 Å². The summed E-state index contributed by atoms with van der Waals surface area (Å²) in [5.74, 6) is 3.34. The number of anilines is 3. The summed E-state index contributed by atoms with van der Waals surface area (Å²) < 4.78 is 6.30. The monoisotopic (exact) mass is 745 g/mol. The maximum atomic E-state index is 6.30. The predicted octanol–water partition coefficient (Wildman–Crippen LogP) is 15.3. The molecule has 278 valence electrons. The van der Waals surface area contributed by atoms with E-state index in [1.807, 2.05) is 6.07 Å². The molecule has 0 radical (unpaired) electrons. The van der Waals surface area contributed by atoms with Crippen molar-refractivity contribution in [1.29, 1.82) is 0 Å². The molecule has 1 aromatic heterocycles. The quantitative estimate of drug-likeness (QED) is 0.174. The van der Waals surface area contributed by atoms with Crippen molar-refractivity contribution >= 4 is 49.8 Å². The number of hydrogen-bond donors (Lipinski definition) is 0. The van der Waals surface area contributed by atoms with Crippen molar-refractivity contribution < 1.29 is 4.42 Å². The first-order valence-corrected chi connectivity index (χ1v) is 21.3. The van der Waals surface area contributed by atoms with Crippen LogP contribution in [-0.4, -0.2) is 0 Å². The van der Waals surface area contributed by atoms with Gasteiger partial charge in [0.1, 0.15) is 11.2 Å². The van der Waals surface area contributed by atoms with Gasteiger partial charge >= 0.3 is 0 Å². The molecule has 1 spiro atoms. The Morgan fingerprint density at radius 1 is 0.397 bits per heavy atom. The third kappa shape index (κ3) is 4.60. The first kappa shape index (κ1) is 32.7. The third-order valence-electron chi connectivity index (χ3n) is 14.9. The highest BCUT2D eigenvalue weighted by Gasteiger charge is 2.61. The zero-order chi connectivity index (χ0) is 38.0. The fourth-order valence-electron chi connectivity index (χ4n) is 12.8. The van der Waals surface area contributed by atoms with E-state index in [-0.39, 0.29) is 5.41 Å². The summed E-state index contributed by atoms with van der Waals surface area (Å²) in [6, 6.07) is 65.5. The molecule has 0 atom stereocenters. The summed E-state index contributed by atoms with van der Waals surface area (Å²) >= 11 is 0. The fraction of sp³-hybridized carbons (Fsp3) is 0.179. The summed E-state index contributed by atoms with van der Waals surface area (Å²) in [4.78, 5) is 2.44. The second-order valence-corrected chi connectivity index (χ2v) is 17.7. The lowest BCUT2D eigenvalue weighted by Crippen LogP contribution is -2.55. The molecule has 4 bridgehead atoms. The molecular weight excluding hydrogens is 703 g/mol. The Morgan fingerprint density at radius 3 is 1.81 bits per heavy atom. The molecule has 2 nitrogen and oxygen atoms in total. The number of hydrogen-bond acceptors (Lipinski definition) is 2. The van der Waals surface area contributed by atoms with E-state index in [1.165, 1.54) is 76.3 Å². The van der Waals surface area contributed by atoms with Crippen LogP contribution in [0.15, 0.2) is 180 Å². The third-order valence-corrected chi connectivity index (χ3v) is 14.9. The molecule has 5 aliphatic rings. The summed E-state index contributed by atoms with van der Waals surface area (Å²) in [5, 5.41) is 4.76. The van der Waals surface area contributed by atoms with Crippen molar-refractivity contribution in [2.75, 3.05) is 4.90 Å². The summed E-state index contributed by atoms with van der Waals surface area (Å²) in [7, 11) is 0. The minimum Gasteiger partial charge on any atom is -0.456 e. The van der Waals surface area contributed by atoms with Gasteiger partial charge in [0.2, 0.25) is 0 Å². The normalized spacial score (nSPS) is 22.6. The highest BCUT2D eigenvalue weighted by molar-refractivity contribution is 6.09. The van der Waals surface area contributed by atoms with Crippen LogP contribution in [0.25, 0.3) is 66.1 Å². The predicted molar refractivity (Wildman–Crippen MR) is 240 cm³/mol. The standard InChI is InChI=1S/C56H43NO/c1-2-10-37(11-3-1)38-18-21-42(22-19-38)57(43-23-27-55-50(34-43)49-15-7-9-17-54(49)58-55)53-26-25-44(45-12-4-5-14-48(45)53)39-20-24-47-46-13-6-8-16-51(46)56(52(47)33-39)40-29-35-28-36(31-40)32-41(56)30-35/h1-27,33-36,40-41H,28-32H2. The second kappa shape index (κ2) is 12.3. The molecule has 2 heteroatoms. The van der Waals surface area contributed by atoms with Crippen molar-refractivity contribution in [1.82, 2.24) is 0 Å². The SMILES string of the molecule is c1ccc(-c2ccc(N(c3ccc4oc5ccccc5c4c3)c3ccc(-c4ccc5c(c4)C4(c6ccccc6-5)C5CC6CC(C5)CC4C6)c4ccccc34)cc2)cc1. The Kier molecular flexibility index (Phi) is 6.94. The van der Waals surface area contributed by atoms with E-state index in [1.54, 1.807) is 11.1 Å². The zero-order valence-corrected chi connectivity index (χ0v) is 32.4. The molecule has 8 aromatic carbocycles. The van der Waals surface area contributed by atoms with Crippen LogP contribution in [0.1, 0.15) is 43.2 Å². The molecule has 0 saturated heterocycles. The first-order valence-electron chi connectivity index (χ1n) is 21.3. The van der Waals surface area contributed by atoms with Crippen LogP contribution in [0.2, 0.25) is 0 Å². The van der Waals surface area contributed by atoms with Gasteiger partial charge in [-0.25, -0.2) is 0 Å². The van der Waals surface area contributed by atoms with Gasteiger partial charge in [-0.3, -0.25) is 0 Å². The number of benzene rings is 8. The average molecular weight is 746 g/mol. The smallest absolute Gasteiger partial charge is 0.135 e. The van der Waals surface area contributed by atoms with E-state index < -0.39 is 0 Å². The molecule has 9 aromatic rings. The Bertz CT molecular complexity index is 3050. The fourth-order valence-corrected chi connectivity index (χ4v) is 12.8. The molecule has 0 amide bonds. The van der Waals surface area contributed by atoms with Crippen LogP contribution in [0.5, 0.6) is 0 Å². The topological polar surface area (TPSA) is 16.4 Å². The molecule has 0 N–H and O–H groups in total. The average Bonchev–Trinajstić information content (AvgIpc) is 3.79. The van der Waals surface area contributed by atoms with Crippen LogP contribution in [0.4, 0.5) is 17.1 Å². The van der Waals surface area contributed by atoms with Crippen molar-refractivity contribution in [2.24, 2.45) is 23.7 Å². The van der Waals surface area contributed by atoms with Crippen molar-refractivity contribution in [2.45, 2.75) is 37.5 Å². The van der Waals surface area contributed by atoms with Gasteiger partial charge < -0.3 is 9.32 Å². The van der Waals surface area contributed by atoms with Crippen LogP contribution < -0.4 is 4.90 Å². The summed E-state index contributed by atoms with van der Waals surface area (Å²) in [6.45, 7) is 0. The number of rotatable bonds is 5. The molecule has 58 heavy (non-hydrogen) atoms. The van der Waals surface area contributed by atoms with Crippen LogP contribution in [-0.2, 0) is 5.41 Å². The largest absolute Gasteiger partial charge is 0.456 e. The van der Waals surface area contributed by atoms with Crippen LogP contribution >= 0.6 is 0 Å². The van der Waals surface area contributed by atoms with Gasteiger partial charge in [-0.05, 0) is 154 Å². The van der Waals surface area contributed by atoms with Gasteiger partial charge in [0.25, 0.3) is 0 Å². The van der Waals surface area contributed by atoms with Crippen LogP contribution in [0, 0.1) is 23.7 Å². The van der Waals surface area contributed by atoms with Gasteiger partial charge in [-0.1, -0.05) is 127 Å². The molecule has 1 heterocycles. The zero-order valence-electron chi connectivity index (χ0n) is 32.4. The molecule has 0 aliphatic heterocycles. The van der Waals surface area contributed by atoms with Gasteiger partial charge in [-0.2, -0.15) is 0 Å². The summed E-state index contributed by atoms with van der Waals surface area (Å²) in [6.07, 6.45) is 7.05. The lowest BCUT2D eigenvalue weighted by molar-refractivity contribution is -0.0399. The Morgan fingerprint density at radius 2 is 1.00 bits per heavy atom. The highest BCUT2D eigenvalue weighted by atomic mass is 16.3. The van der Waals surface area contributed by atoms with Crippen molar-refractivity contribution in [3.63, 3.8) is 0 Å². The van der Waals surface area contributed by atoms with Gasteiger partial charge in [-0.15, -0.1) is 0 Å². The van der Waals surface area contributed by atoms with Gasteiger partial charge in [0.15, 0.2) is 0 Å². The molecule has 4 fully saturated rings. The molecule has 14 rings (SSSR count). The first-order chi connectivity index (χ1) is 28.7. The minimum absolute atomic E-state index is 0.143. The number of furan rings is 1. The lowest BCUT2D eigenvalue weighted by atomic mass is 9.43. The Labute approximate surface area is 339 Å². The summed E-state index contributed by atoms with van der Waals surface area (Å²) in [5.41, 5.74) is 16.6. The van der Waals surface area contributed by atoms with E-state index in [4.69, 9.17) is 4.42 Å². The van der Waals surface area contributed by atoms with E-state index in [0.717, 1.165) is 62.7 Å². The number of fused-ring (bicyclic) bond motifs is 7. The van der Waals surface area contributed by atoms with Crippen LogP contribution in [0.3, 0.4) is 0 Å². The molecule has 4 saturated carbocycles. The Balaban J connectivity index is 0.986. The molecule has 0 unspecified atom stereocenters. The highest BCUT2D eigenvalue weighted by Crippen LogP contribution is 2.69. The van der Waals surface area contributed by atoms with Crippen molar-refractivity contribution in [3.8, 4) is 33.4 Å². The molecular formula is C56H43NO. The van der Waals surface area contributed by atoms with Crippen molar-refractivity contribution in [3.05, 3.63) is 187 Å². The Hall–Kier alpha value is -6.38. The number of para-hydroxylation sites is 1. The maximum absolute atomic E-state index is 6.30. The van der Waals surface area contributed by atoms with E-state index in [9.17, 15) is 0 Å². The van der Waals surface area contributed by atoms with E-state index >= 15 is 0 Å². The molecule has 5 aliphatic carbocycles. The van der Waals surface area contributed by atoms with Gasteiger partial charge in [0.05, 0.1) is 5.69 Å². The maximum Gasteiger partial charge on any atom is 0.135 e. The second-order valence-electron chi connectivity index (χ2n) is 17.7. The lowest BCUT2D eigenvalue weighted by Gasteiger charge is -2.61. The van der Waals surface area contributed by atoms with Gasteiger partial charge in [0, 0.05) is 32.9 Å². The van der Waals surface area contributed by atoms with E-state index in [0.29, 0.717) is 0 Å².